The molecular weight excluding hydrogens is 221 g/mol. The molecule has 0 radical (unpaired) electrons. The lowest BCUT2D eigenvalue weighted by Gasteiger charge is -2.34. The average Bonchev–Trinajstić information content (AvgIpc) is 1.97. The average molecular weight is 240 g/mol. The highest BCUT2D eigenvalue weighted by Crippen LogP contribution is 2.44. The van der Waals surface area contributed by atoms with Crippen LogP contribution in [0, 0.1) is 11.3 Å². The van der Waals surface area contributed by atoms with Crippen molar-refractivity contribution in [3.8, 4) is 0 Å². The number of carbonyl (C=O) groups is 1. The fraction of sp³-hybridized carbons (Fsp3) is 0.909. The summed E-state index contributed by atoms with van der Waals surface area (Å²) in [6, 6.07) is 0. The van der Waals surface area contributed by atoms with E-state index in [-0.39, 0.29) is 0 Å². The quantitative estimate of drug-likeness (QED) is 0.690. The summed E-state index contributed by atoms with van der Waals surface area (Å²) in [4.78, 5) is 11.5. The van der Waals surface area contributed by atoms with Crippen LogP contribution in [0.25, 0.3) is 0 Å². The molecule has 0 aliphatic heterocycles. The van der Waals surface area contributed by atoms with Gasteiger partial charge in [0.2, 0.25) is 0 Å². The molecule has 5 heteroatoms. The second kappa shape index (κ2) is 4.26. The van der Waals surface area contributed by atoms with Crippen molar-refractivity contribution < 1.29 is 22.7 Å². The molecule has 0 spiro atoms. The van der Waals surface area contributed by atoms with Gasteiger partial charge in [0.1, 0.15) is 5.60 Å². The molecule has 0 aliphatic carbocycles. The van der Waals surface area contributed by atoms with Crippen molar-refractivity contribution in [2.45, 2.75) is 53.3 Å². The van der Waals surface area contributed by atoms with Crippen LogP contribution in [0.3, 0.4) is 0 Å². The van der Waals surface area contributed by atoms with Crippen molar-refractivity contribution >= 4 is 5.97 Å². The zero-order valence-electron chi connectivity index (χ0n) is 10.5. The minimum atomic E-state index is -4.43. The minimum Gasteiger partial charge on any atom is -0.460 e. The summed E-state index contributed by atoms with van der Waals surface area (Å²) < 4.78 is 42.9. The third-order valence-electron chi connectivity index (χ3n) is 2.57. The smallest absolute Gasteiger partial charge is 0.394 e. The van der Waals surface area contributed by atoms with Crippen molar-refractivity contribution in [3.63, 3.8) is 0 Å². The van der Waals surface area contributed by atoms with Gasteiger partial charge in [0, 0.05) is 0 Å². The molecule has 0 aromatic carbocycles. The maximum absolute atomic E-state index is 12.7. The molecule has 0 saturated carbocycles. The molecule has 0 saturated heterocycles. The summed E-state index contributed by atoms with van der Waals surface area (Å²) in [5.74, 6) is -2.05. The number of ether oxygens (including phenoxy) is 1. The maximum atomic E-state index is 12.7. The molecule has 0 amide bonds. The monoisotopic (exact) mass is 240 g/mol. The van der Waals surface area contributed by atoms with Crippen LogP contribution in [0.1, 0.15) is 41.5 Å². The van der Waals surface area contributed by atoms with E-state index >= 15 is 0 Å². The normalized spacial score (nSPS) is 15.8. The van der Waals surface area contributed by atoms with E-state index in [4.69, 9.17) is 4.74 Å². The molecular formula is C11H19F3O2. The molecule has 0 heterocycles. The first-order valence-electron chi connectivity index (χ1n) is 5.08. The van der Waals surface area contributed by atoms with E-state index in [9.17, 15) is 18.0 Å². The highest BCUT2D eigenvalue weighted by molar-refractivity contribution is 5.73. The van der Waals surface area contributed by atoms with E-state index in [0.717, 1.165) is 13.8 Å². The van der Waals surface area contributed by atoms with Gasteiger partial charge < -0.3 is 4.74 Å². The van der Waals surface area contributed by atoms with Gasteiger partial charge in [-0.15, -0.1) is 0 Å². The van der Waals surface area contributed by atoms with Crippen LogP contribution in [-0.4, -0.2) is 17.7 Å². The molecule has 0 aromatic rings. The van der Waals surface area contributed by atoms with Gasteiger partial charge in [-0.25, -0.2) is 0 Å². The number of carbonyl (C=O) groups excluding carboxylic acids is 1. The molecule has 2 nitrogen and oxygen atoms in total. The Labute approximate surface area is 94.2 Å². The summed E-state index contributed by atoms with van der Waals surface area (Å²) in [6.07, 6.45) is -4.43. The van der Waals surface area contributed by atoms with Crippen molar-refractivity contribution in [1.82, 2.24) is 0 Å². The molecule has 0 rings (SSSR count). The first-order chi connectivity index (χ1) is 6.79. The molecule has 0 fully saturated rings. The molecule has 1 atom stereocenters. The van der Waals surface area contributed by atoms with Crippen LogP contribution in [0.4, 0.5) is 13.2 Å². The SMILES string of the molecule is CC(C(=O)OC(C)(C)C)C(C)(C)C(F)(F)F. The zero-order chi connectivity index (χ0) is 13.4. The van der Waals surface area contributed by atoms with Gasteiger partial charge in [0.25, 0.3) is 0 Å². The Hall–Kier alpha value is -0.740. The Kier molecular flexibility index (Phi) is 4.06. The summed E-state index contributed by atoms with van der Waals surface area (Å²) in [6.45, 7) is 8.11. The molecule has 0 N–H and O–H groups in total. The number of halogens is 3. The van der Waals surface area contributed by atoms with Crippen LogP contribution in [-0.2, 0) is 9.53 Å². The number of alkyl halides is 3. The Bertz CT molecular complexity index is 261. The lowest BCUT2D eigenvalue weighted by Crippen LogP contribution is -2.43. The second-order valence-corrected chi connectivity index (χ2v) is 5.47. The van der Waals surface area contributed by atoms with Crippen molar-refractivity contribution in [2.24, 2.45) is 11.3 Å². The Morgan fingerprint density at radius 1 is 1.06 bits per heavy atom. The maximum Gasteiger partial charge on any atom is 0.394 e. The number of rotatable bonds is 2. The first-order valence-corrected chi connectivity index (χ1v) is 5.08. The van der Waals surface area contributed by atoms with Gasteiger partial charge in [-0.1, -0.05) is 20.8 Å². The Morgan fingerprint density at radius 2 is 1.44 bits per heavy atom. The van der Waals surface area contributed by atoms with Crippen LogP contribution >= 0.6 is 0 Å². The highest BCUT2D eigenvalue weighted by atomic mass is 19.4. The van der Waals surface area contributed by atoms with E-state index in [0.29, 0.717) is 0 Å². The van der Waals surface area contributed by atoms with Gasteiger partial charge >= 0.3 is 12.1 Å². The summed E-state index contributed by atoms with van der Waals surface area (Å²) in [5.41, 5.74) is -2.86. The van der Waals surface area contributed by atoms with E-state index in [2.05, 4.69) is 0 Å². The largest absolute Gasteiger partial charge is 0.460 e. The van der Waals surface area contributed by atoms with Crippen LogP contribution in [0.5, 0.6) is 0 Å². The van der Waals surface area contributed by atoms with Gasteiger partial charge in [-0.2, -0.15) is 13.2 Å². The van der Waals surface area contributed by atoms with Crippen molar-refractivity contribution in [2.75, 3.05) is 0 Å². The lowest BCUT2D eigenvalue weighted by molar-refractivity contribution is -0.234. The number of hydrogen-bond acceptors (Lipinski definition) is 2. The Balaban J connectivity index is 4.81. The van der Waals surface area contributed by atoms with Gasteiger partial charge in [0.15, 0.2) is 0 Å². The fourth-order valence-corrected chi connectivity index (χ4v) is 0.930. The number of hydrogen-bond donors (Lipinski definition) is 0. The van der Waals surface area contributed by atoms with E-state index in [1.165, 1.54) is 6.92 Å². The molecule has 16 heavy (non-hydrogen) atoms. The topological polar surface area (TPSA) is 26.3 Å². The van der Waals surface area contributed by atoms with Crippen LogP contribution in [0.15, 0.2) is 0 Å². The van der Waals surface area contributed by atoms with E-state index < -0.39 is 29.1 Å². The standard InChI is InChI=1S/C11H19F3O2/c1-7(8(15)16-9(2,3)4)10(5,6)11(12,13)14/h7H,1-6H3. The first kappa shape index (κ1) is 15.3. The zero-order valence-corrected chi connectivity index (χ0v) is 10.5. The predicted octanol–water partition coefficient (Wildman–Crippen LogP) is 3.55. The second-order valence-electron chi connectivity index (χ2n) is 5.47. The summed E-state index contributed by atoms with van der Waals surface area (Å²) in [7, 11) is 0. The molecule has 0 aromatic heterocycles. The third-order valence-corrected chi connectivity index (χ3v) is 2.57. The van der Waals surface area contributed by atoms with Gasteiger partial charge in [-0.05, 0) is 20.8 Å². The minimum absolute atomic E-state index is 0.771. The van der Waals surface area contributed by atoms with E-state index in [1.807, 2.05) is 0 Å². The highest BCUT2D eigenvalue weighted by Gasteiger charge is 2.53. The van der Waals surface area contributed by atoms with Crippen LogP contribution < -0.4 is 0 Å². The van der Waals surface area contributed by atoms with Gasteiger partial charge in [0.05, 0.1) is 11.3 Å². The molecule has 96 valence electrons. The molecule has 0 bridgehead atoms. The third kappa shape index (κ3) is 3.68. The van der Waals surface area contributed by atoms with Crippen molar-refractivity contribution in [3.05, 3.63) is 0 Å². The summed E-state index contributed by atoms with van der Waals surface area (Å²) in [5, 5.41) is 0. The summed E-state index contributed by atoms with van der Waals surface area (Å²) >= 11 is 0. The van der Waals surface area contributed by atoms with Crippen LogP contribution in [0.2, 0.25) is 0 Å². The number of esters is 1. The van der Waals surface area contributed by atoms with E-state index in [1.54, 1.807) is 20.8 Å². The Morgan fingerprint density at radius 3 is 1.69 bits per heavy atom. The lowest BCUT2D eigenvalue weighted by atomic mass is 9.79. The van der Waals surface area contributed by atoms with Crippen molar-refractivity contribution in [1.29, 1.82) is 0 Å². The predicted molar refractivity (Wildman–Crippen MR) is 54.8 cm³/mol. The molecule has 0 aliphatic rings. The molecule has 1 unspecified atom stereocenters. The fourth-order valence-electron chi connectivity index (χ4n) is 0.930. The van der Waals surface area contributed by atoms with Gasteiger partial charge in [-0.3, -0.25) is 4.79 Å².